The Kier molecular flexibility index (Phi) is 4.44. The molecule has 3 nitrogen and oxygen atoms in total. The first-order chi connectivity index (χ1) is 10.2. The van der Waals surface area contributed by atoms with E-state index < -0.39 is 0 Å². The summed E-state index contributed by atoms with van der Waals surface area (Å²) < 4.78 is 15.2. The van der Waals surface area contributed by atoms with Crippen LogP contribution in [0.15, 0.2) is 30.6 Å². The summed E-state index contributed by atoms with van der Waals surface area (Å²) in [6, 6.07) is 5.34. The van der Waals surface area contributed by atoms with Crippen molar-refractivity contribution in [2.75, 3.05) is 5.32 Å². The minimum Gasteiger partial charge on any atom is -0.353 e. The smallest absolute Gasteiger partial charge is 0.203 e. The molecular formula is C16H19ClFN3. The summed E-state index contributed by atoms with van der Waals surface area (Å²) in [6.07, 6.45) is 10.0. The lowest BCUT2D eigenvalue weighted by molar-refractivity contribution is 0.459. The summed E-state index contributed by atoms with van der Waals surface area (Å²) >= 11 is 5.83. The molecule has 1 aromatic carbocycles. The molecular weight excluding hydrogens is 289 g/mol. The van der Waals surface area contributed by atoms with Crippen molar-refractivity contribution in [1.82, 2.24) is 9.55 Å². The summed E-state index contributed by atoms with van der Waals surface area (Å²) in [6.45, 7) is 0.634. The van der Waals surface area contributed by atoms with Gasteiger partial charge in [-0.3, -0.25) is 0 Å². The second-order valence-corrected chi connectivity index (χ2v) is 6.01. The molecule has 0 amide bonds. The summed E-state index contributed by atoms with van der Waals surface area (Å²) in [5, 5.41) is 3.68. The molecule has 0 radical (unpaired) electrons. The molecule has 0 spiro atoms. The average Bonchev–Trinajstić information content (AvgIpc) is 2.91. The Bertz CT molecular complexity index is 605. The first-order valence-corrected chi connectivity index (χ1v) is 7.82. The number of rotatable bonds is 4. The van der Waals surface area contributed by atoms with Crippen LogP contribution in [0.2, 0.25) is 5.02 Å². The topological polar surface area (TPSA) is 29.9 Å². The minimum absolute atomic E-state index is 0.161. The van der Waals surface area contributed by atoms with E-state index in [0.717, 1.165) is 11.5 Å². The summed E-state index contributed by atoms with van der Waals surface area (Å²) in [4.78, 5) is 4.39. The van der Waals surface area contributed by atoms with E-state index in [-0.39, 0.29) is 10.8 Å². The van der Waals surface area contributed by atoms with Crippen molar-refractivity contribution < 1.29 is 4.39 Å². The van der Waals surface area contributed by atoms with Crippen molar-refractivity contribution in [2.45, 2.75) is 44.7 Å². The van der Waals surface area contributed by atoms with Gasteiger partial charge in [-0.05, 0) is 30.5 Å². The van der Waals surface area contributed by atoms with Crippen LogP contribution in [0.1, 0.15) is 37.7 Å². The Morgan fingerprint density at radius 1 is 1.29 bits per heavy atom. The van der Waals surface area contributed by atoms with Crippen molar-refractivity contribution in [1.29, 1.82) is 0 Å². The summed E-state index contributed by atoms with van der Waals surface area (Å²) in [5.74, 6) is 0.494. The van der Waals surface area contributed by atoms with Crippen LogP contribution in [0.3, 0.4) is 0 Å². The molecule has 1 saturated carbocycles. The highest BCUT2D eigenvalue weighted by atomic mass is 35.5. The monoisotopic (exact) mass is 307 g/mol. The first kappa shape index (κ1) is 14.4. The van der Waals surface area contributed by atoms with Crippen LogP contribution in [0, 0.1) is 5.82 Å². The molecule has 0 aliphatic heterocycles. The van der Waals surface area contributed by atoms with E-state index in [0.29, 0.717) is 12.6 Å². The molecule has 3 rings (SSSR count). The van der Waals surface area contributed by atoms with Crippen molar-refractivity contribution in [2.24, 2.45) is 0 Å². The van der Waals surface area contributed by atoms with Crippen molar-refractivity contribution >= 4 is 17.5 Å². The van der Waals surface area contributed by atoms with E-state index >= 15 is 0 Å². The Hall–Kier alpha value is -1.55. The molecule has 1 aliphatic carbocycles. The fourth-order valence-electron chi connectivity index (χ4n) is 2.84. The van der Waals surface area contributed by atoms with Crippen LogP contribution in [-0.4, -0.2) is 15.6 Å². The lowest BCUT2D eigenvalue weighted by Gasteiger charge is -2.23. The molecule has 21 heavy (non-hydrogen) atoms. The zero-order valence-corrected chi connectivity index (χ0v) is 12.6. The van der Waals surface area contributed by atoms with Gasteiger partial charge < -0.3 is 9.88 Å². The Balaban J connectivity index is 1.71. The molecule has 0 saturated heterocycles. The highest BCUT2D eigenvalue weighted by molar-refractivity contribution is 6.30. The lowest BCUT2D eigenvalue weighted by atomic mass is 9.96. The number of nitrogens with zero attached hydrogens (tertiary/aromatic N) is 2. The van der Waals surface area contributed by atoms with Gasteiger partial charge in [0, 0.05) is 18.4 Å². The Morgan fingerprint density at radius 2 is 2.10 bits per heavy atom. The third kappa shape index (κ3) is 3.56. The predicted molar refractivity (Wildman–Crippen MR) is 83.2 cm³/mol. The maximum atomic E-state index is 13.2. The number of imidazole rings is 1. The van der Waals surface area contributed by atoms with Crippen molar-refractivity contribution in [3.8, 4) is 0 Å². The predicted octanol–water partition coefficient (Wildman–Crippen LogP) is 4.47. The van der Waals surface area contributed by atoms with Crippen LogP contribution in [0.4, 0.5) is 10.3 Å². The number of anilines is 1. The van der Waals surface area contributed by atoms with Gasteiger partial charge in [-0.15, -0.1) is 0 Å². The largest absolute Gasteiger partial charge is 0.353 e. The van der Waals surface area contributed by atoms with Gasteiger partial charge in [-0.1, -0.05) is 36.9 Å². The molecule has 112 valence electrons. The zero-order valence-electron chi connectivity index (χ0n) is 11.9. The van der Waals surface area contributed by atoms with Crippen LogP contribution in [0.25, 0.3) is 0 Å². The molecule has 1 aliphatic rings. The molecule has 1 N–H and O–H groups in total. The van der Waals surface area contributed by atoms with Crippen LogP contribution >= 0.6 is 11.6 Å². The minimum atomic E-state index is -0.383. The molecule has 0 unspecified atom stereocenters. The van der Waals surface area contributed by atoms with E-state index in [1.807, 2.05) is 10.8 Å². The van der Waals surface area contributed by atoms with Gasteiger partial charge in [0.25, 0.3) is 0 Å². The maximum absolute atomic E-state index is 13.2. The lowest BCUT2D eigenvalue weighted by Crippen LogP contribution is -2.24. The number of nitrogens with one attached hydrogen (secondary N) is 1. The number of hydrogen-bond acceptors (Lipinski definition) is 2. The van der Waals surface area contributed by atoms with Gasteiger partial charge >= 0.3 is 0 Å². The second kappa shape index (κ2) is 6.48. The van der Waals surface area contributed by atoms with E-state index in [1.54, 1.807) is 18.3 Å². The normalized spacial score (nSPS) is 16.1. The Morgan fingerprint density at radius 3 is 2.86 bits per heavy atom. The number of hydrogen-bond donors (Lipinski definition) is 1. The van der Waals surface area contributed by atoms with Gasteiger partial charge in [0.05, 0.1) is 11.6 Å². The number of benzene rings is 1. The number of halogens is 2. The van der Waals surface area contributed by atoms with Gasteiger partial charge in [0.1, 0.15) is 5.82 Å². The van der Waals surface area contributed by atoms with Crippen molar-refractivity contribution in [3.05, 3.63) is 47.0 Å². The third-order valence-corrected chi connectivity index (χ3v) is 4.28. The standard InChI is InChI=1S/C16H19ClFN3/c17-14-10-12(6-7-15(14)18)11-21-9-8-19-16(21)20-13-4-2-1-3-5-13/h6-10,13H,1-5,11H2,(H,19,20). The average molecular weight is 308 g/mol. The molecule has 5 heteroatoms. The van der Waals surface area contributed by atoms with E-state index in [2.05, 4.69) is 10.3 Å². The van der Waals surface area contributed by atoms with Crippen LogP contribution < -0.4 is 5.32 Å². The van der Waals surface area contributed by atoms with E-state index in [4.69, 9.17) is 11.6 Å². The molecule has 0 atom stereocenters. The maximum Gasteiger partial charge on any atom is 0.203 e. The fourth-order valence-corrected chi connectivity index (χ4v) is 3.04. The quantitative estimate of drug-likeness (QED) is 0.903. The summed E-state index contributed by atoms with van der Waals surface area (Å²) in [7, 11) is 0. The molecule has 1 aromatic heterocycles. The molecule has 1 heterocycles. The highest BCUT2D eigenvalue weighted by Gasteiger charge is 2.15. The van der Waals surface area contributed by atoms with Gasteiger partial charge in [-0.25, -0.2) is 9.37 Å². The molecule has 2 aromatic rings. The van der Waals surface area contributed by atoms with E-state index in [1.165, 1.54) is 38.2 Å². The fraction of sp³-hybridized carbons (Fsp3) is 0.438. The second-order valence-electron chi connectivity index (χ2n) is 5.61. The highest BCUT2D eigenvalue weighted by Crippen LogP contribution is 2.22. The zero-order chi connectivity index (χ0) is 14.7. The first-order valence-electron chi connectivity index (χ1n) is 7.44. The van der Waals surface area contributed by atoms with E-state index in [9.17, 15) is 4.39 Å². The summed E-state index contributed by atoms with van der Waals surface area (Å²) in [5.41, 5.74) is 0.964. The SMILES string of the molecule is Fc1ccc(Cn2ccnc2NC2CCCCC2)cc1Cl. The van der Waals surface area contributed by atoms with Gasteiger partial charge in [0.2, 0.25) is 5.95 Å². The van der Waals surface area contributed by atoms with Crippen LogP contribution in [-0.2, 0) is 6.54 Å². The van der Waals surface area contributed by atoms with Gasteiger partial charge in [0.15, 0.2) is 0 Å². The third-order valence-electron chi connectivity index (χ3n) is 3.99. The van der Waals surface area contributed by atoms with Gasteiger partial charge in [-0.2, -0.15) is 0 Å². The Labute approximate surface area is 129 Å². The number of aromatic nitrogens is 2. The molecule has 1 fully saturated rings. The molecule has 0 bridgehead atoms. The van der Waals surface area contributed by atoms with Crippen molar-refractivity contribution in [3.63, 3.8) is 0 Å². The van der Waals surface area contributed by atoms with Crippen LogP contribution in [0.5, 0.6) is 0 Å².